The molecule has 3 aromatic carbocycles. The quantitative estimate of drug-likeness (QED) is 0.284. The van der Waals surface area contributed by atoms with Crippen LogP contribution in [0.25, 0.3) is 11.5 Å². The van der Waals surface area contributed by atoms with Crippen molar-refractivity contribution in [3.63, 3.8) is 0 Å². The number of nitrogens with zero attached hydrogens (tertiary/aromatic N) is 3. The lowest BCUT2D eigenvalue weighted by Crippen LogP contribution is -2.30. The third-order valence-electron chi connectivity index (χ3n) is 5.47. The normalized spacial score (nSPS) is 11.1. The van der Waals surface area contributed by atoms with Crippen LogP contribution >= 0.6 is 0 Å². The van der Waals surface area contributed by atoms with Gasteiger partial charge in [0.2, 0.25) is 5.89 Å². The average molecular weight is 537 g/mol. The van der Waals surface area contributed by atoms with Crippen molar-refractivity contribution in [1.29, 1.82) is 0 Å². The summed E-state index contributed by atoms with van der Waals surface area (Å²) < 4.78 is 44.5. The Hall–Kier alpha value is -4.38. The largest absolute Gasteiger partial charge is 0.490 e. The minimum absolute atomic E-state index is 0.0698. The van der Waals surface area contributed by atoms with Gasteiger partial charge in [-0.25, -0.2) is 8.42 Å². The minimum Gasteiger partial charge on any atom is -0.490 e. The van der Waals surface area contributed by atoms with E-state index in [0.29, 0.717) is 36.0 Å². The maximum atomic E-state index is 13.2. The van der Waals surface area contributed by atoms with Gasteiger partial charge in [-0.1, -0.05) is 23.3 Å². The van der Waals surface area contributed by atoms with E-state index in [9.17, 15) is 13.2 Å². The second-order valence-corrected chi connectivity index (χ2v) is 9.79. The van der Waals surface area contributed by atoms with Crippen molar-refractivity contribution in [2.45, 2.75) is 25.7 Å². The van der Waals surface area contributed by atoms with E-state index >= 15 is 0 Å². The van der Waals surface area contributed by atoms with E-state index < -0.39 is 15.9 Å². The highest BCUT2D eigenvalue weighted by Gasteiger charge is 2.24. The van der Waals surface area contributed by atoms with Crippen LogP contribution in [0.2, 0.25) is 0 Å². The van der Waals surface area contributed by atoms with Crippen molar-refractivity contribution in [1.82, 2.24) is 10.2 Å². The van der Waals surface area contributed by atoms with E-state index in [-0.39, 0.29) is 28.9 Å². The van der Waals surface area contributed by atoms with Gasteiger partial charge in [0.25, 0.3) is 15.9 Å². The number of nitrogens with one attached hydrogen (secondary N) is 1. The first-order valence-electron chi connectivity index (χ1n) is 12.1. The molecule has 0 saturated heterocycles. The van der Waals surface area contributed by atoms with E-state index in [1.807, 2.05) is 19.9 Å². The number of ether oxygens (including phenoxy) is 2. The van der Waals surface area contributed by atoms with Crippen LogP contribution in [0.15, 0.2) is 82.1 Å². The number of hydrogen-bond donors (Lipinski definition) is 1. The molecule has 1 amide bonds. The summed E-state index contributed by atoms with van der Waals surface area (Å²) in [6.45, 7) is 6.72. The zero-order valence-corrected chi connectivity index (χ0v) is 22.1. The van der Waals surface area contributed by atoms with Gasteiger partial charge in [0, 0.05) is 17.7 Å². The molecule has 0 atom stereocenters. The van der Waals surface area contributed by atoms with Crippen molar-refractivity contribution in [3.05, 3.63) is 78.4 Å². The van der Waals surface area contributed by atoms with Crippen LogP contribution in [-0.2, 0) is 10.0 Å². The molecule has 10 nitrogen and oxygen atoms in total. The molecule has 0 radical (unpaired) electrons. The number of amides is 1. The van der Waals surface area contributed by atoms with Crippen molar-refractivity contribution in [3.8, 4) is 23.0 Å². The predicted octanol–water partition coefficient (Wildman–Crippen LogP) is 5.00. The summed E-state index contributed by atoms with van der Waals surface area (Å²) >= 11 is 0. The first-order valence-corrected chi connectivity index (χ1v) is 13.5. The zero-order valence-electron chi connectivity index (χ0n) is 21.2. The highest BCUT2D eigenvalue weighted by atomic mass is 32.2. The van der Waals surface area contributed by atoms with Gasteiger partial charge < -0.3 is 13.9 Å². The highest BCUT2D eigenvalue weighted by Crippen LogP contribution is 2.33. The van der Waals surface area contributed by atoms with Crippen LogP contribution in [-0.4, -0.2) is 44.3 Å². The van der Waals surface area contributed by atoms with E-state index in [1.54, 1.807) is 49.4 Å². The summed E-state index contributed by atoms with van der Waals surface area (Å²) in [5.74, 6) is 0.801. The Kier molecular flexibility index (Phi) is 8.27. The standard InChI is InChI=1S/C27H28N4O6S/c1-4-31(21-10-8-7-9-11-21)38(33,34)22-15-12-19(13-16-22)25(32)28-27-30-29-26(37-27)20-14-17-23(35-5-2)24(18-20)36-6-3/h7-18H,4-6H2,1-3H3,(H,28,30,32). The van der Waals surface area contributed by atoms with Crippen LogP contribution < -0.4 is 19.1 Å². The smallest absolute Gasteiger partial charge is 0.322 e. The molecule has 0 bridgehead atoms. The highest BCUT2D eigenvalue weighted by molar-refractivity contribution is 7.92. The summed E-state index contributed by atoms with van der Waals surface area (Å²) in [4.78, 5) is 12.8. The van der Waals surface area contributed by atoms with E-state index in [2.05, 4.69) is 15.5 Å². The number of carbonyl (C=O) groups excluding carboxylic acids is 1. The molecule has 0 aliphatic heterocycles. The monoisotopic (exact) mass is 536 g/mol. The maximum absolute atomic E-state index is 13.2. The van der Waals surface area contributed by atoms with Crippen molar-refractivity contribution in [2.24, 2.45) is 0 Å². The summed E-state index contributed by atoms with van der Waals surface area (Å²) in [5, 5.41) is 10.4. The fourth-order valence-electron chi connectivity index (χ4n) is 3.73. The van der Waals surface area contributed by atoms with Crippen LogP contribution in [0.3, 0.4) is 0 Å². The van der Waals surface area contributed by atoms with Crippen LogP contribution in [0.4, 0.5) is 11.7 Å². The Bertz CT molecular complexity index is 1490. The number of hydrogen-bond acceptors (Lipinski definition) is 8. The number of para-hydroxylation sites is 1. The molecule has 4 aromatic rings. The summed E-state index contributed by atoms with van der Waals surface area (Å²) in [7, 11) is -3.81. The lowest BCUT2D eigenvalue weighted by atomic mass is 10.2. The first kappa shape index (κ1) is 26.7. The molecule has 4 rings (SSSR count). The molecule has 0 aliphatic carbocycles. The third kappa shape index (κ3) is 5.78. The maximum Gasteiger partial charge on any atom is 0.322 e. The Morgan fingerprint density at radius 3 is 2.24 bits per heavy atom. The van der Waals surface area contributed by atoms with Gasteiger partial charge in [-0.05, 0) is 75.4 Å². The molecule has 0 unspecified atom stereocenters. The topological polar surface area (TPSA) is 124 Å². The van der Waals surface area contributed by atoms with E-state index in [4.69, 9.17) is 13.9 Å². The minimum atomic E-state index is -3.81. The molecule has 198 valence electrons. The van der Waals surface area contributed by atoms with Gasteiger partial charge >= 0.3 is 6.01 Å². The van der Waals surface area contributed by atoms with Crippen LogP contribution in [0, 0.1) is 0 Å². The van der Waals surface area contributed by atoms with Gasteiger partial charge in [0.05, 0.1) is 23.8 Å². The van der Waals surface area contributed by atoms with E-state index in [0.717, 1.165) is 0 Å². The van der Waals surface area contributed by atoms with Crippen molar-refractivity contribution >= 4 is 27.6 Å². The molecule has 38 heavy (non-hydrogen) atoms. The second kappa shape index (κ2) is 11.8. The predicted molar refractivity (Wildman–Crippen MR) is 143 cm³/mol. The molecule has 0 fully saturated rings. The van der Waals surface area contributed by atoms with Gasteiger partial charge in [-0.3, -0.25) is 14.4 Å². The van der Waals surface area contributed by atoms with E-state index in [1.165, 1.54) is 28.6 Å². The van der Waals surface area contributed by atoms with Crippen LogP contribution in [0.1, 0.15) is 31.1 Å². The van der Waals surface area contributed by atoms with Gasteiger partial charge in [-0.15, -0.1) is 5.10 Å². The number of anilines is 2. The first-order chi connectivity index (χ1) is 18.4. The molecule has 1 heterocycles. The number of sulfonamides is 1. The van der Waals surface area contributed by atoms with Gasteiger partial charge in [0.15, 0.2) is 11.5 Å². The number of benzene rings is 3. The Balaban J connectivity index is 1.48. The molecule has 0 saturated carbocycles. The van der Waals surface area contributed by atoms with Gasteiger partial charge in [0.1, 0.15) is 0 Å². The third-order valence-corrected chi connectivity index (χ3v) is 7.39. The Labute approximate surface area is 221 Å². The Morgan fingerprint density at radius 1 is 0.895 bits per heavy atom. The second-order valence-electron chi connectivity index (χ2n) is 7.92. The number of aromatic nitrogens is 2. The molecular formula is C27H28N4O6S. The number of rotatable bonds is 11. The van der Waals surface area contributed by atoms with Crippen LogP contribution in [0.5, 0.6) is 11.5 Å². The summed E-state index contributed by atoms with van der Waals surface area (Å²) in [6.07, 6.45) is 0. The fraction of sp³-hybridized carbons (Fsp3) is 0.222. The molecule has 0 aliphatic rings. The zero-order chi connectivity index (χ0) is 27.1. The van der Waals surface area contributed by atoms with Crippen molar-refractivity contribution in [2.75, 3.05) is 29.4 Å². The SMILES string of the molecule is CCOc1ccc(-c2nnc(NC(=O)c3ccc(S(=O)(=O)N(CC)c4ccccc4)cc3)o2)cc1OCC. The lowest BCUT2D eigenvalue weighted by Gasteiger charge is -2.22. The molecule has 1 aromatic heterocycles. The molecular weight excluding hydrogens is 508 g/mol. The van der Waals surface area contributed by atoms with Gasteiger partial charge in [-0.2, -0.15) is 0 Å². The number of carbonyl (C=O) groups is 1. The fourth-order valence-corrected chi connectivity index (χ4v) is 5.21. The lowest BCUT2D eigenvalue weighted by molar-refractivity contribution is 0.102. The summed E-state index contributed by atoms with van der Waals surface area (Å²) in [5.41, 5.74) is 1.38. The summed E-state index contributed by atoms with van der Waals surface area (Å²) in [6, 6.07) is 19.6. The molecule has 11 heteroatoms. The Morgan fingerprint density at radius 2 is 1.58 bits per heavy atom. The van der Waals surface area contributed by atoms with Crippen molar-refractivity contribution < 1.29 is 27.1 Å². The molecule has 1 N–H and O–H groups in total. The molecule has 0 spiro atoms. The average Bonchev–Trinajstić information content (AvgIpc) is 3.39.